The van der Waals surface area contributed by atoms with Crippen molar-refractivity contribution in [2.24, 2.45) is 0 Å². The van der Waals surface area contributed by atoms with Gasteiger partial charge in [0, 0.05) is 41.3 Å². The largest absolute Gasteiger partial charge is 0.457 e. The number of anilines is 4. The summed E-state index contributed by atoms with van der Waals surface area (Å²) < 4.78 is 8.86. The van der Waals surface area contributed by atoms with Crippen LogP contribution in [-0.4, -0.2) is 16.1 Å². The van der Waals surface area contributed by atoms with Crippen molar-refractivity contribution < 1.29 is 4.74 Å². The van der Waals surface area contributed by atoms with Crippen LogP contribution in [0.25, 0.3) is 27.6 Å². The molecule has 8 rings (SSSR count). The van der Waals surface area contributed by atoms with Gasteiger partial charge in [-0.15, -0.1) is 0 Å². The number of pyridine rings is 1. The van der Waals surface area contributed by atoms with Crippen molar-refractivity contribution in [3.8, 4) is 17.3 Å². The lowest BCUT2D eigenvalue weighted by Crippen LogP contribution is -2.23. The van der Waals surface area contributed by atoms with Crippen molar-refractivity contribution in [1.82, 2.24) is 9.55 Å². The molecule has 5 aromatic carbocycles. The summed E-state index contributed by atoms with van der Waals surface area (Å²) in [5.41, 5.74) is 8.65. The summed E-state index contributed by atoms with van der Waals surface area (Å²) in [6.07, 6.45) is 2.77. The number of fused-ring (bicyclic) bond motifs is 5. The Labute approximate surface area is 280 Å². The van der Waals surface area contributed by atoms with Crippen molar-refractivity contribution in [1.29, 1.82) is 0 Å². The minimum Gasteiger partial charge on any atom is -0.457 e. The number of para-hydroxylation sites is 3. The second-order valence-electron chi connectivity index (χ2n) is 13.1. The van der Waals surface area contributed by atoms with Crippen LogP contribution in [0.2, 0.25) is 5.02 Å². The van der Waals surface area contributed by atoms with Crippen LogP contribution in [0.4, 0.5) is 22.7 Å². The first-order chi connectivity index (χ1) is 22.8. The molecule has 2 aromatic heterocycles. The third-order valence-electron chi connectivity index (χ3n) is 9.01. The van der Waals surface area contributed by atoms with Crippen LogP contribution in [0.5, 0.6) is 11.5 Å². The molecule has 232 valence electrons. The Morgan fingerprint density at radius 3 is 2.36 bits per heavy atom. The van der Waals surface area contributed by atoms with Crippen molar-refractivity contribution >= 4 is 56.2 Å². The summed E-state index contributed by atoms with van der Waals surface area (Å²) in [6.45, 7) is 7.50. The van der Waals surface area contributed by atoms with Gasteiger partial charge in [-0.25, -0.2) is 4.98 Å². The highest BCUT2D eigenvalue weighted by Crippen LogP contribution is 2.42. The van der Waals surface area contributed by atoms with E-state index in [0.717, 1.165) is 69.5 Å². The number of rotatable bonds is 4. The third kappa shape index (κ3) is 5.37. The van der Waals surface area contributed by atoms with Crippen molar-refractivity contribution in [3.63, 3.8) is 0 Å². The van der Waals surface area contributed by atoms with Gasteiger partial charge in [0.1, 0.15) is 17.3 Å². The zero-order valence-electron chi connectivity index (χ0n) is 26.7. The fourth-order valence-electron chi connectivity index (χ4n) is 6.60. The smallest absolute Gasteiger partial charge is 0.137 e. The minimum atomic E-state index is 0.00390. The van der Waals surface area contributed by atoms with Crippen LogP contribution in [0.15, 0.2) is 128 Å². The van der Waals surface area contributed by atoms with Gasteiger partial charge in [-0.3, -0.25) is 4.57 Å². The van der Waals surface area contributed by atoms with Crippen molar-refractivity contribution in [2.45, 2.75) is 32.6 Å². The molecule has 0 saturated carbocycles. The number of hydrogen-bond acceptors (Lipinski definition) is 4. The monoisotopic (exact) mass is 634 g/mol. The minimum absolute atomic E-state index is 0.00390. The van der Waals surface area contributed by atoms with E-state index in [1.165, 1.54) is 16.5 Å². The lowest BCUT2D eigenvalue weighted by Gasteiger charge is -2.31. The summed E-state index contributed by atoms with van der Waals surface area (Å²) in [5.74, 6) is 2.37. The van der Waals surface area contributed by atoms with Gasteiger partial charge in [0.25, 0.3) is 0 Å². The van der Waals surface area contributed by atoms with Gasteiger partial charge in [0.05, 0.1) is 33.1 Å². The van der Waals surface area contributed by atoms with Crippen LogP contribution in [0.3, 0.4) is 0 Å². The topological polar surface area (TPSA) is 42.3 Å². The zero-order valence-corrected chi connectivity index (χ0v) is 27.4. The average molecular weight is 635 g/mol. The number of hydrogen-bond donors (Lipinski definition) is 1. The molecule has 7 aromatic rings. The van der Waals surface area contributed by atoms with Gasteiger partial charge >= 0.3 is 0 Å². The first-order valence-electron chi connectivity index (χ1n) is 16.0. The fourth-order valence-corrected chi connectivity index (χ4v) is 6.84. The molecule has 1 N–H and O–H groups in total. The van der Waals surface area contributed by atoms with Gasteiger partial charge in [-0.2, -0.15) is 0 Å². The predicted molar refractivity (Wildman–Crippen MR) is 196 cm³/mol. The number of ether oxygens (including phenoxy) is 1. The highest BCUT2D eigenvalue weighted by molar-refractivity contribution is 6.33. The Bertz CT molecular complexity index is 2270. The highest BCUT2D eigenvalue weighted by atomic mass is 35.5. The first-order valence-corrected chi connectivity index (χ1v) is 16.4. The second-order valence-corrected chi connectivity index (χ2v) is 13.5. The maximum Gasteiger partial charge on any atom is 0.137 e. The van der Waals surface area contributed by atoms with E-state index >= 15 is 0 Å². The molecule has 0 radical (unpaired) electrons. The molecule has 0 spiro atoms. The summed E-state index contributed by atoms with van der Waals surface area (Å²) in [5, 5.41) is 6.70. The molecule has 1 aliphatic rings. The van der Waals surface area contributed by atoms with E-state index in [2.05, 4.69) is 127 Å². The number of nitrogens with one attached hydrogen (secondary N) is 1. The van der Waals surface area contributed by atoms with Gasteiger partial charge in [-0.1, -0.05) is 80.9 Å². The molecule has 47 heavy (non-hydrogen) atoms. The average Bonchev–Trinajstić information content (AvgIpc) is 3.39. The lowest BCUT2D eigenvalue weighted by molar-refractivity contribution is 0.483. The van der Waals surface area contributed by atoms with Crippen LogP contribution in [-0.2, 0) is 11.8 Å². The van der Waals surface area contributed by atoms with Crippen LogP contribution < -0.4 is 15.0 Å². The van der Waals surface area contributed by atoms with Crippen molar-refractivity contribution in [2.75, 3.05) is 16.8 Å². The van der Waals surface area contributed by atoms with E-state index in [0.29, 0.717) is 5.02 Å². The number of aromatic nitrogens is 2. The van der Waals surface area contributed by atoms with Gasteiger partial charge < -0.3 is 15.0 Å². The van der Waals surface area contributed by atoms with E-state index in [-0.39, 0.29) is 5.41 Å². The summed E-state index contributed by atoms with van der Waals surface area (Å²) in [7, 11) is 0. The molecule has 0 amide bonds. The van der Waals surface area contributed by atoms with E-state index in [4.69, 9.17) is 21.3 Å². The molecule has 0 saturated heterocycles. The fraction of sp³-hybridized carbons (Fsp3) is 0.146. The molecule has 0 aliphatic carbocycles. The Kier molecular flexibility index (Phi) is 7.15. The molecule has 0 unspecified atom stereocenters. The van der Waals surface area contributed by atoms with Crippen LogP contribution in [0, 0.1) is 0 Å². The zero-order chi connectivity index (χ0) is 32.1. The standard InChI is InChI=1S/C41H35ClN4O/c1-41(2,3)28-20-22-43-39(24-28)46-36-15-8-7-13-32(36)33-18-16-31(26-38(33)46)47-30-17-19-37-35(25-30)44-40-27(10-9-14-34(40)42)21-23-45(37)29-11-5-4-6-12-29/h4-20,22,24-26,44H,21,23H2,1-3H3. The molecule has 1 aliphatic heterocycles. The Morgan fingerprint density at radius 1 is 0.745 bits per heavy atom. The first kappa shape index (κ1) is 29.2. The number of nitrogens with zero attached hydrogens (tertiary/aromatic N) is 3. The molecular weight excluding hydrogens is 600 g/mol. The van der Waals surface area contributed by atoms with E-state index in [9.17, 15) is 0 Å². The number of benzene rings is 5. The maximum atomic E-state index is 6.73. The maximum absolute atomic E-state index is 6.73. The Morgan fingerprint density at radius 2 is 1.51 bits per heavy atom. The van der Waals surface area contributed by atoms with E-state index in [1.54, 1.807) is 0 Å². The van der Waals surface area contributed by atoms with Crippen LogP contribution >= 0.6 is 11.6 Å². The molecule has 0 atom stereocenters. The molecule has 0 bridgehead atoms. The second kappa shape index (κ2) is 11.5. The Balaban J connectivity index is 1.22. The Hall–Kier alpha value is -5.26. The van der Waals surface area contributed by atoms with Crippen LogP contribution in [0.1, 0.15) is 31.9 Å². The van der Waals surface area contributed by atoms with Gasteiger partial charge in [0.2, 0.25) is 0 Å². The predicted octanol–water partition coefficient (Wildman–Crippen LogP) is 11.4. The van der Waals surface area contributed by atoms with E-state index in [1.807, 2.05) is 36.5 Å². The van der Waals surface area contributed by atoms with Gasteiger partial charge in [-0.05, 0) is 83.6 Å². The number of halogens is 1. The molecule has 0 fully saturated rings. The van der Waals surface area contributed by atoms with Gasteiger partial charge in [0.15, 0.2) is 0 Å². The molecule has 3 heterocycles. The summed E-state index contributed by atoms with van der Waals surface area (Å²) in [6, 6.07) is 41.9. The summed E-state index contributed by atoms with van der Waals surface area (Å²) >= 11 is 6.73. The molecule has 6 heteroatoms. The molecular formula is C41H35ClN4O. The third-order valence-corrected chi connectivity index (χ3v) is 9.33. The highest BCUT2D eigenvalue weighted by Gasteiger charge is 2.22. The quantitative estimate of drug-likeness (QED) is 0.209. The lowest BCUT2D eigenvalue weighted by atomic mass is 9.88. The van der Waals surface area contributed by atoms with Crippen molar-refractivity contribution in [3.05, 3.63) is 144 Å². The SMILES string of the molecule is CC(C)(C)c1ccnc(-n2c3ccccc3c3ccc(Oc4ccc5c(c4)Nc4c(Cl)cccc4CCN5c4ccccc4)cc32)c1. The molecule has 5 nitrogen and oxygen atoms in total. The van der Waals surface area contributed by atoms with E-state index < -0.39 is 0 Å². The summed E-state index contributed by atoms with van der Waals surface area (Å²) in [4.78, 5) is 7.18. The normalized spacial score (nSPS) is 13.1.